The molecule has 268 valence electrons. The normalized spacial score (nSPS) is 21.0. The van der Waals surface area contributed by atoms with Crippen molar-refractivity contribution in [2.45, 2.75) is 135 Å². The molecule has 5 atom stereocenters. The third kappa shape index (κ3) is 12.7. The zero-order chi connectivity index (χ0) is 34.2. The van der Waals surface area contributed by atoms with E-state index in [0.29, 0.717) is 25.5 Å². The Bertz CT molecular complexity index is 1280. The molecule has 3 heterocycles. The van der Waals surface area contributed by atoms with Crippen molar-refractivity contribution in [2.75, 3.05) is 32.2 Å². The van der Waals surface area contributed by atoms with Gasteiger partial charge >= 0.3 is 7.82 Å². The minimum absolute atomic E-state index is 0.0133. The number of aliphatic hydroxyl groups excluding tert-OH is 2. The third-order valence-corrected chi connectivity index (χ3v) is 9.40. The lowest BCUT2D eigenvalue weighted by molar-refractivity contribution is -0.0513. The van der Waals surface area contributed by atoms with Crippen molar-refractivity contribution < 1.29 is 43.0 Å². The van der Waals surface area contributed by atoms with Gasteiger partial charge in [0, 0.05) is 19.4 Å². The number of nitrogens with two attached hydrogens (primary N) is 2. The lowest BCUT2D eigenvalue weighted by Gasteiger charge is -2.18. The fraction of sp³-hybridized carbons (Fsp3) is 0.781. The Balaban J connectivity index is 1.26. The van der Waals surface area contributed by atoms with Crippen LogP contribution in [0.4, 0.5) is 5.82 Å². The molecule has 0 bridgehead atoms. The molecule has 1 amide bonds. The zero-order valence-electron chi connectivity index (χ0n) is 28.1. The molecule has 0 radical (unpaired) electrons. The molecule has 15 heteroatoms. The molecule has 2 aromatic heterocycles. The number of unbranched alkanes of at least 4 members (excludes halogenated alkanes) is 13. The number of phosphoric acid groups is 1. The van der Waals surface area contributed by atoms with Crippen molar-refractivity contribution in [3.8, 4) is 0 Å². The number of nitrogens with zero attached hydrogens (tertiary/aromatic N) is 3. The summed E-state index contributed by atoms with van der Waals surface area (Å²) in [7, 11) is -4.47. The van der Waals surface area contributed by atoms with Gasteiger partial charge in [-0.15, -0.1) is 0 Å². The van der Waals surface area contributed by atoms with E-state index in [-0.39, 0.29) is 29.0 Å². The van der Waals surface area contributed by atoms with Crippen molar-refractivity contribution in [2.24, 2.45) is 5.73 Å². The highest BCUT2D eigenvalue weighted by Crippen LogP contribution is 2.44. The first-order chi connectivity index (χ1) is 22.6. The van der Waals surface area contributed by atoms with Gasteiger partial charge in [-0.05, 0) is 19.8 Å². The molecule has 3 rings (SSSR count). The van der Waals surface area contributed by atoms with Gasteiger partial charge in [-0.2, -0.15) is 0 Å². The molecule has 0 aliphatic carbocycles. The first-order valence-electron chi connectivity index (χ1n) is 17.2. The highest BCUT2D eigenvalue weighted by atomic mass is 31.2. The van der Waals surface area contributed by atoms with Gasteiger partial charge in [0.1, 0.15) is 35.6 Å². The smallest absolute Gasteiger partial charge is 0.387 e. The predicted octanol–water partition coefficient (Wildman–Crippen LogP) is 5.06. The van der Waals surface area contributed by atoms with E-state index in [1.165, 1.54) is 87.8 Å². The van der Waals surface area contributed by atoms with Crippen LogP contribution in [0.2, 0.25) is 0 Å². The van der Waals surface area contributed by atoms with Crippen LogP contribution < -0.4 is 11.5 Å². The number of hydrogen-bond acceptors (Lipinski definition) is 11. The molecule has 47 heavy (non-hydrogen) atoms. The number of aryl methyl sites for hydroxylation is 1. The minimum atomic E-state index is -4.47. The molecular formula is C32H56N5O9P. The first kappa shape index (κ1) is 39.3. The summed E-state index contributed by atoms with van der Waals surface area (Å²) in [5, 5.41) is 21.5. The van der Waals surface area contributed by atoms with Crippen molar-refractivity contribution in [1.82, 2.24) is 14.5 Å². The number of nitrogen functional groups attached to an aromatic ring is 1. The molecule has 1 aliphatic rings. The Labute approximate surface area is 278 Å². The minimum Gasteiger partial charge on any atom is -0.387 e. The number of aromatic nitrogens is 3. The van der Waals surface area contributed by atoms with Crippen LogP contribution in [0.5, 0.6) is 0 Å². The van der Waals surface area contributed by atoms with Gasteiger partial charge in [0.25, 0.3) is 5.91 Å². The average Bonchev–Trinajstić information content (AvgIpc) is 3.54. The molecule has 0 aromatic carbocycles. The van der Waals surface area contributed by atoms with Crippen LogP contribution in [0, 0.1) is 6.92 Å². The Morgan fingerprint density at radius 3 is 2.06 bits per heavy atom. The Morgan fingerprint density at radius 2 is 1.47 bits per heavy atom. The highest BCUT2D eigenvalue weighted by Gasteiger charge is 2.45. The second-order valence-corrected chi connectivity index (χ2v) is 13.8. The van der Waals surface area contributed by atoms with Crippen molar-refractivity contribution >= 4 is 30.6 Å². The van der Waals surface area contributed by atoms with Crippen LogP contribution in [0.15, 0.2) is 6.20 Å². The number of carbonyl (C=O) groups is 1. The first-order valence-corrected chi connectivity index (χ1v) is 18.7. The number of carbonyl (C=O) groups excluding carboxylic acids is 1. The van der Waals surface area contributed by atoms with E-state index >= 15 is 0 Å². The summed E-state index contributed by atoms with van der Waals surface area (Å²) < 4.78 is 35.2. The van der Waals surface area contributed by atoms with E-state index in [0.717, 1.165) is 12.8 Å². The SMILES string of the molecule is CCCCCCCCCCCCCCCCOCCCOP(=O)(O)OC[C@H]1O[C@@H](n2cc(C(N)=O)c3c(N)nc(C)nc32)[C@H](O)[C@@H]1O. The van der Waals surface area contributed by atoms with Gasteiger partial charge < -0.3 is 40.6 Å². The zero-order valence-corrected chi connectivity index (χ0v) is 29.0. The maximum atomic E-state index is 12.4. The van der Waals surface area contributed by atoms with Gasteiger partial charge in [0.05, 0.1) is 24.2 Å². The lowest BCUT2D eigenvalue weighted by Crippen LogP contribution is -2.33. The lowest BCUT2D eigenvalue weighted by atomic mass is 10.0. The van der Waals surface area contributed by atoms with E-state index in [1.54, 1.807) is 6.92 Å². The summed E-state index contributed by atoms with van der Waals surface area (Å²) in [6.45, 7) is 4.28. The quantitative estimate of drug-likeness (QED) is 0.0685. The number of phosphoric ester groups is 1. The van der Waals surface area contributed by atoms with Gasteiger partial charge in [-0.1, -0.05) is 90.4 Å². The van der Waals surface area contributed by atoms with E-state index in [4.69, 9.17) is 30.0 Å². The molecule has 1 aliphatic heterocycles. The largest absolute Gasteiger partial charge is 0.472 e. The number of primary amides is 1. The van der Waals surface area contributed by atoms with E-state index in [2.05, 4.69) is 16.9 Å². The molecular weight excluding hydrogens is 629 g/mol. The second-order valence-electron chi connectivity index (χ2n) is 12.4. The molecule has 2 aromatic rings. The Morgan fingerprint density at radius 1 is 0.894 bits per heavy atom. The molecule has 0 saturated carbocycles. The number of anilines is 1. The molecule has 1 saturated heterocycles. The van der Waals surface area contributed by atoms with Gasteiger partial charge in [-0.3, -0.25) is 13.8 Å². The topological polar surface area (TPSA) is 214 Å². The Hall–Kier alpha value is -2.16. The average molecular weight is 686 g/mol. The standard InChI is InChI=1S/C32H56N5O9P/c1-3-4-5-6-7-8-9-10-11-12-13-14-15-16-18-43-19-17-20-44-47(41,42)45-22-25-27(38)28(39)32(46-25)37-21-24(30(34)40)26-29(33)35-23(2)36-31(26)37/h21,25,27-28,32,38-39H,3-20,22H2,1-2H3,(H2,34,40)(H,41,42)(H2,33,35,36)/t25-,27-,28-,32-/m1/s1. The summed E-state index contributed by atoms with van der Waals surface area (Å²) in [6.07, 6.45) is 14.5. The van der Waals surface area contributed by atoms with Crippen molar-refractivity contribution in [3.63, 3.8) is 0 Å². The number of fused-ring (bicyclic) bond motifs is 1. The maximum Gasteiger partial charge on any atom is 0.472 e. The maximum absolute atomic E-state index is 12.4. The van der Waals surface area contributed by atoms with Gasteiger partial charge in [-0.25, -0.2) is 14.5 Å². The summed E-state index contributed by atoms with van der Waals surface area (Å²) in [4.78, 5) is 30.5. The molecule has 14 nitrogen and oxygen atoms in total. The van der Waals surface area contributed by atoms with Crippen molar-refractivity contribution in [1.29, 1.82) is 0 Å². The number of rotatable bonds is 25. The third-order valence-electron chi connectivity index (χ3n) is 8.42. The van der Waals surface area contributed by atoms with E-state index in [1.807, 2.05) is 0 Å². The van der Waals surface area contributed by atoms with Gasteiger partial charge in [0.2, 0.25) is 0 Å². The fourth-order valence-electron chi connectivity index (χ4n) is 5.81. The second kappa shape index (κ2) is 20.4. The molecule has 1 fully saturated rings. The van der Waals surface area contributed by atoms with Crippen LogP contribution in [-0.4, -0.2) is 80.3 Å². The van der Waals surface area contributed by atoms with Crippen LogP contribution in [-0.2, 0) is 23.1 Å². The number of amides is 1. The monoisotopic (exact) mass is 685 g/mol. The van der Waals surface area contributed by atoms with Crippen LogP contribution in [0.3, 0.4) is 0 Å². The Kier molecular flexibility index (Phi) is 17.0. The van der Waals surface area contributed by atoms with Crippen LogP contribution in [0.25, 0.3) is 11.0 Å². The van der Waals surface area contributed by atoms with E-state index in [9.17, 15) is 24.5 Å². The highest BCUT2D eigenvalue weighted by molar-refractivity contribution is 7.47. The number of aliphatic hydroxyl groups is 2. The molecule has 0 spiro atoms. The number of hydrogen-bond donors (Lipinski definition) is 5. The van der Waals surface area contributed by atoms with Gasteiger partial charge in [0.15, 0.2) is 6.23 Å². The fourth-order valence-corrected chi connectivity index (χ4v) is 6.58. The molecule has 1 unspecified atom stereocenters. The molecule has 7 N–H and O–H groups in total. The predicted molar refractivity (Wildman–Crippen MR) is 179 cm³/mol. The summed E-state index contributed by atoms with van der Waals surface area (Å²) in [6, 6.07) is 0. The van der Waals surface area contributed by atoms with Crippen LogP contribution >= 0.6 is 7.82 Å². The van der Waals surface area contributed by atoms with Crippen molar-refractivity contribution in [3.05, 3.63) is 17.6 Å². The van der Waals surface area contributed by atoms with E-state index < -0.39 is 44.9 Å². The summed E-state index contributed by atoms with van der Waals surface area (Å²) in [5.41, 5.74) is 11.7. The van der Waals surface area contributed by atoms with Crippen LogP contribution in [0.1, 0.15) is 126 Å². The number of ether oxygens (including phenoxy) is 2. The summed E-state index contributed by atoms with van der Waals surface area (Å²) in [5.74, 6) is -0.470. The summed E-state index contributed by atoms with van der Waals surface area (Å²) >= 11 is 0.